The van der Waals surface area contributed by atoms with E-state index in [-0.39, 0.29) is 54.2 Å². The van der Waals surface area contributed by atoms with Gasteiger partial charge in [0.15, 0.2) is 0 Å². The molecule has 5 rings (SSSR count). The predicted molar refractivity (Wildman–Crippen MR) is 436 cm³/mol. The van der Waals surface area contributed by atoms with Crippen LogP contribution in [0.3, 0.4) is 0 Å². The Morgan fingerprint density at radius 3 is 0.890 bits per heavy atom. The molecule has 0 spiro atoms. The van der Waals surface area contributed by atoms with Gasteiger partial charge in [-0.25, -0.2) is 0 Å². The first-order valence-corrected chi connectivity index (χ1v) is 37.6. The Morgan fingerprint density at radius 2 is 0.610 bits per heavy atom. The summed E-state index contributed by atoms with van der Waals surface area (Å²) >= 11 is 25.7. The fourth-order valence-electron chi connectivity index (χ4n) is 10.6. The van der Waals surface area contributed by atoms with Gasteiger partial charge in [-0.1, -0.05) is 193 Å². The molecule has 0 aliphatic rings. The van der Waals surface area contributed by atoms with Crippen LogP contribution in [0, 0.1) is 22.6 Å². The molecule has 5 aromatic carbocycles. The first-order chi connectivity index (χ1) is 46.4. The fraction of sp³-hybridized carbons (Fsp3) is 0.733. The molecule has 0 fully saturated rings. The highest BCUT2D eigenvalue weighted by Crippen LogP contribution is 2.35. The summed E-state index contributed by atoms with van der Waals surface area (Å²) in [6.45, 7) is 58.2. The molecule has 0 aliphatic carbocycles. The van der Waals surface area contributed by atoms with E-state index in [0.29, 0.717) is 131 Å². The lowest BCUT2D eigenvalue weighted by atomic mass is 9.82. The lowest BCUT2D eigenvalue weighted by molar-refractivity contribution is 0.114. The van der Waals surface area contributed by atoms with Crippen LogP contribution in [0.2, 0.25) is 0 Å². The summed E-state index contributed by atoms with van der Waals surface area (Å²) < 4.78 is 30.1. The molecule has 25 heteroatoms. The van der Waals surface area contributed by atoms with Crippen molar-refractivity contribution in [2.24, 2.45) is 0 Å². The largest absolute Gasteiger partial charge is 0.379 e. The van der Waals surface area contributed by atoms with E-state index in [9.17, 15) is 24.0 Å². The van der Waals surface area contributed by atoms with E-state index in [4.69, 9.17) is 84.8 Å². The van der Waals surface area contributed by atoms with Crippen molar-refractivity contribution in [3.05, 3.63) is 101 Å². The molecule has 100 heavy (non-hydrogen) atoms. The van der Waals surface area contributed by atoms with Gasteiger partial charge in [0.25, 0.3) is 0 Å². The lowest BCUT2D eigenvalue weighted by Gasteiger charge is -2.30. The van der Waals surface area contributed by atoms with Gasteiger partial charge in [-0.3, -0.25) is 24.0 Å². The smallest absolute Gasteiger partial charge is 0.220 e. The minimum Gasteiger partial charge on any atom is -0.379 e. The van der Waals surface area contributed by atoms with Gasteiger partial charge < -0.3 is 74.8 Å². The van der Waals surface area contributed by atoms with Crippen molar-refractivity contribution in [2.45, 2.75) is 165 Å². The maximum atomic E-state index is 11.9. The average molecular weight is 1490 g/mol. The van der Waals surface area contributed by atoms with Crippen molar-refractivity contribution in [3.8, 4) is 0 Å². The number of ether oxygens (including phenoxy) is 5. The highest BCUT2D eigenvalue weighted by atomic mass is 32.1. The Bertz CT molecular complexity index is 3570. The Labute approximate surface area is 626 Å². The SMILES string of the molecule is CCCN(C)CCOCCNc1c(C(C)(C)C)c(=S)c1=O.CCN(C)CCOCCNc1c(C(C)(C)C)c(=S)c1=O.CCN(CC)CCOCCNc1c(C(C)(C)C)c(=S)c1=O.CN(C)CCOCCNc1c(C(C)(C)C)c(=S)c1=O.CNCCOCCN(C)c1c(C(C)(C)C)c(=S)c1=O. The van der Waals surface area contributed by atoms with Crippen molar-refractivity contribution in [1.29, 1.82) is 0 Å². The van der Waals surface area contributed by atoms with E-state index in [0.717, 1.165) is 112 Å². The molecule has 0 bridgehead atoms. The normalized spacial score (nSPS) is 12.2. The molecule has 0 radical (unpaired) electrons. The monoisotopic (exact) mass is 1490 g/mol. The zero-order valence-corrected chi connectivity index (χ0v) is 70.1. The Hall–Kier alpha value is -3.90. The third-order valence-electron chi connectivity index (χ3n) is 16.4. The van der Waals surface area contributed by atoms with E-state index < -0.39 is 0 Å². The third kappa shape index (κ3) is 31.0. The quantitative estimate of drug-likeness (QED) is 0.0182. The molecule has 5 N–H and O–H groups in total. The average Bonchev–Trinajstić information content (AvgIpc) is 0.786. The van der Waals surface area contributed by atoms with Gasteiger partial charge >= 0.3 is 0 Å². The summed E-state index contributed by atoms with van der Waals surface area (Å²) in [7, 11) is 12.0. The molecule has 20 nitrogen and oxygen atoms in total. The molecule has 0 amide bonds. The highest BCUT2D eigenvalue weighted by molar-refractivity contribution is 7.72. The van der Waals surface area contributed by atoms with Crippen LogP contribution in [0.25, 0.3) is 0 Å². The van der Waals surface area contributed by atoms with E-state index in [1.807, 2.05) is 33.1 Å². The number of hydrogen-bond acceptors (Lipinski definition) is 25. The van der Waals surface area contributed by atoms with E-state index in [2.05, 4.69) is 192 Å². The number of rotatable bonds is 40. The first kappa shape index (κ1) is 94.1. The van der Waals surface area contributed by atoms with Crippen molar-refractivity contribution < 1.29 is 23.7 Å². The molecule has 0 atom stereocenters. The summed E-state index contributed by atoms with van der Waals surface area (Å²) in [5, 5.41) is 15.7. The Kier molecular flexibility index (Phi) is 42.8. The van der Waals surface area contributed by atoms with Gasteiger partial charge in [0.1, 0.15) is 0 Å². The number of likely N-dealkylation sites (N-methyl/N-ethyl adjacent to an activating group) is 6. The molecular weight excluding hydrogens is 1360 g/mol. The van der Waals surface area contributed by atoms with Crippen molar-refractivity contribution in [2.75, 3.05) is 226 Å². The minimum atomic E-state index is -0.0864. The van der Waals surface area contributed by atoms with Crippen LogP contribution in [0.15, 0.2) is 24.0 Å². The van der Waals surface area contributed by atoms with Crippen LogP contribution < -0.4 is 58.6 Å². The zero-order chi connectivity index (χ0) is 76.7. The lowest BCUT2D eigenvalue weighted by Crippen LogP contribution is -2.36. The number of nitrogens with one attached hydrogen (secondary N) is 5. The molecular formula is C75H130N10O10S5. The van der Waals surface area contributed by atoms with Crippen LogP contribution in [0.1, 0.15) is 166 Å². The van der Waals surface area contributed by atoms with Crippen LogP contribution in [0.4, 0.5) is 28.4 Å². The Balaban J connectivity index is 0.000000625. The zero-order valence-electron chi connectivity index (χ0n) is 66.0. The van der Waals surface area contributed by atoms with E-state index in [1.54, 1.807) is 0 Å². The Morgan fingerprint density at radius 1 is 0.330 bits per heavy atom. The van der Waals surface area contributed by atoms with Crippen molar-refractivity contribution in [3.63, 3.8) is 0 Å². The number of hydrogen-bond donors (Lipinski definition) is 5. The van der Waals surface area contributed by atoms with E-state index >= 15 is 0 Å². The predicted octanol–water partition coefficient (Wildman–Crippen LogP) is 11.3. The molecule has 0 aromatic heterocycles. The van der Waals surface area contributed by atoms with Crippen LogP contribution >= 0.6 is 61.1 Å². The van der Waals surface area contributed by atoms with Crippen LogP contribution in [-0.2, 0) is 50.8 Å². The summed E-state index contributed by atoms with van der Waals surface area (Å²) in [5.74, 6) is 0. The second-order valence-corrected chi connectivity index (χ2v) is 32.6. The topological polar surface area (TPSA) is 208 Å². The highest BCUT2D eigenvalue weighted by Gasteiger charge is 2.32. The number of anilines is 5. The summed E-state index contributed by atoms with van der Waals surface area (Å²) in [6.07, 6.45) is 1.16. The maximum absolute atomic E-state index is 11.9. The van der Waals surface area contributed by atoms with Gasteiger partial charge in [-0.2, -0.15) is 0 Å². The summed E-state index contributed by atoms with van der Waals surface area (Å²) in [4.78, 5) is 69.8. The molecule has 0 aliphatic heterocycles. The van der Waals surface area contributed by atoms with Crippen molar-refractivity contribution in [1.82, 2.24) is 24.9 Å². The van der Waals surface area contributed by atoms with Gasteiger partial charge in [0.05, 0.1) is 117 Å². The molecule has 0 saturated heterocycles. The minimum absolute atomic E-state index is 0.00218. The van der Waals surface area contributed by atoms with Crippen molar-refractivity contribution >= 4 is 89.5 Å². The fourth-order valence-corrected chi connectivity index (χ4v) is 13.1. The van der Waals surface area contributed by atoms with Gasteiger partial charge in [-0.05, 0) is 94.9 Å². The first-order valence-electron chi connectivity index (χ1n) is 35.6. The van der Waals surface area contributed by atoms with Crippen LogP contribution in [-0.4, -0.2) is 220 Å². The van der Waals surface area contributed by atoms with Gasteiger partial charge in [-0.15, -0.1) is 0 Å². The van der Waals surface area contributed by atoms with Crippen LogP contribution in [0.5, 0.6) is 0 Å². The standard InChI is InChI=1S/2C16H28N2O2S.C15H26N2O2S.2C14H24N2O2S/c1-6-8-18(5)9-11-20-10-7-17-13-12(16(2,3)4)15(21)14(13)19;1-6-18(7-2)9-11-20-10-8-17-13-12(16(3,4)5)15(21)14(13)19;1-6-17(5)8-10-19-9-7-16-12-11(15(2,3)4)14(20)13(12)18;1-14(2,3)10-11(12(17)13(10)19)15-6-8-18-9-7-16(4)5;1-14(2,3)10-11(12(17)13(10)19)16(5)7-9-18-8-6-15-4/h2*17H,6-11H2,1-5H3;16H,6-10H2,1-5H3;2*15H,6-9H2,1-5H3. The second-order valence-electron chi connectivity index (χ2n) is 30.6. The number of nitrogens with zero attached hydrogens (tertiary/aromatic N) is 5. The molecule has 0 heterocycles. The molecule has 0 unspecified atom stereocenters. The third-order valence-corrected chi connectivity index (χ3v) is 18.4. The van der Waals surface area contributed by atoms with Gasteiger partial charge in [0.2, 0.25) is 27.1 Å². The molecule has 0 saturated carbocycles. The summed E-state index contributed by atoms with van der Waals surface area (Å²) in [6, 6.07) is 0. The molecule has 570 valence electrons. The second kappa shape index (κ2) is 45.5. The van der Waals surface area contributed by atoms with Gasteiger partial charge in [0, 0.05) is 100 Å². The summed E-state index contributed by atoms with van der Waals surface area (Å²) in [5.41, 5.74) is 7.83. The van der Waals surface area contributed by atoms with E-state index in [1.165, 1.54) is 0 Å². The maximum Gasteiger partial charge on any atom is 0.220 e. The molecule has 5 aromatic rings.